The summed E-state index contributed by atoms with van der Waals surface area (Å²) in [7, 11) is 0. The third-order valence-electron chi connectivity index (χ3n) is 2.44. The molecule has 0 saturated heterocycles. The number of anilines is 1. The van der Waals surface area contributed by atoms with Crippen LogP contribution in [0.15, 0.2) is 39.5 Å². The molecule has 0 aliphatic heterocycles. The van der Waals surface area contributed by atoms with E-state index in [0.717, 1.165) is 10.9 Å². The van der Waals surface area contributed by atoms with Crippen molar-refractivity contribution < 1.29 is 9.53 Å². The summed E-state index contributed by atoms with van der Waals surface area (Å²) >= 11 is 4.92. The van der Waals surface area contributed by atoms with Crippen LogP contribution in [-0.4, -0.2) is 12.6 Å². The summed E-state index contributed by atoms with van der Waals surface area (Å²) in [4.78, 5) is 11.7. The van der Waals surface area contributed by atoms with E-state index >= 15 is 0 Å². The van der Waals surface area contributed by atoms with E-state index in [1.807, 2.05) is 16.8 Å². The summed E-state index contributed by atoms with van der Waals surface area (Å²) in [6, 6.07) is 7.06. The summed E-state index contributed by atoms with van der Waals surface area (Å²) < 4.78 is 5.97. The van der Waals surface area contributed by atoms with Crippen molar-refractivity contribution >= 4 is 38.9 Å². The lowest BCUT2D eigenvalue weighted by Crippen LogP contribution is -2.08. The molecule has 0 aliphatic rings. The Morgan fingerprint density at radius 1 is 1.39 bits per heavy atom. The third-order valence-corrected chi connectivity index (χ3v) is 3.89. The summed E-state index contributed by atoms with van der Waals surface area (Å²) in [5, 5.41) is 4.05. The lowest BCUT2D eigenvalue weighted by Gasteiger charge is -2.05. The van der Waals surface area contributed by atoms with Gasteiger partial charge >= 0.3 is 5.97 Å². The van der Waals surface area contributed by atoms with Gasteiger partial charge in [-0.1, -0.05) is 0 Å². The van der Waals surface area contributed by atoms with Gasteiger partial charge in [0.15, 0.2) is 0 Å². The predicted octanol–water partition coefficient (Wildman–Crippen LogP) is 3.49. The predicted molar refractivity (Wildman–Crippen MR) is 76.9 cm³/mol. The normalized spacial score (nSPS) is 10.3. The van der Waals surface area contributed by atoms with E-state index in [1.165, 1.54) is 5.56 Å². The zero-order valence-electron chi connectivity index (χ0n) is 9.56. The minimum atomic E-state index is -0.343. The van der Waals surface area contributed by atoms with Crippen LogP contribution in [0, 0.1) is 0 Å². The monoisotopic (exact) mass is 325 g/mol. The molecule has 1 heterocycles. The van der Waals surface area contributed by atoms with Crippen molar-refractivity contribution in [3.8, 4) is 0 Å². The van der Waals surface area contributed by atoms with Crippen LogP contribution in [0.3, 0.4) is 0 Å². The number of halogens is 1. The number of carbonyl (C=O) groups is 1. The Morgan fingerprint density at radius 3 is 2.89 bits per heavy atom. The summed E-state index contributed by atoms with van der Waals surface area (Å²) in [6.07, 6.45) is 0.737. The average molecular weight is 326 g/mol. The summed E-state index contributed by atoms with van der Waals surface area (Å²) in [5.74, 6) is -0.343. The highest BCUT2D eigenvalue weighted by atomic mass is 79.9. The number of thiophene rings is 1. The highest BCUT2D eigenvalue weighted by Crippen LogP contribution is 2.20. The standard InChI is InChI=1S/C13H12BrNO2S/c14-11-2-1-10(7-12(11)15)13(16)17-5-3-9-4-6-18-8-9/h1-2,4,6-8H,3,5,15H2. The quantitative estimate of drug-likeness (QED) is 0.691. The Bertz CT molecular complexity index is 540. The maximum absolute atomic E-state index is 11.7. The number of benzene rings is 1. The van der Waals surface area contributed by atoms with Gasteiger partial charge in [-0.15, -0.1) is 0 Å². The number of rotatable bonds is 4. The first-order chi connectivity index (χ1) is 8.66. The molecule has 0 bridgehead atoms. The number of hydrogen-bond donors (Lipinski definition) is 1. The molecular weight excluding hydrogens is 314 g/mol. The van der Waals surface area contributed by atoms with Crippen molar-refractivity contribution in [1.29, 1.82) is 0 Å². The molecule has 2 N–H and O–H groups in total. The molecule has 0 radical (unpaired) electrons. The molecule has 18 heavy (non-hydrogen) atoms. The van der Waals surface area contributed by atoms with Crippen LogP contribution < -0.4 is 5.73 Å². The lowest BCUT2D eigenvalue weighted by atomic mass is 10.2. The van der Waals surface area contributed by atoms with Gasteiger partial charge in [-0.2, -0.15) is 11.3 Å². The number of carbonyl (C=O) groups excluding carboxylic acids is 1. The van der Waals surface area contributed by atoms with Gasteiger partial charge in [-0.3, -0.25) is 0 Å². The topological polar surface area (TPSA) is 52.3 Å². The molecule has 2 rings (SSSR count). The molecule has 0 saturated carbocycles. The van der Waals surface area contributed by atoms with E-state index in [4.69, 9.17) is 10.5 Å². The number of esters is 1. The van der Waals surface area contributed by atoms with Gasteiger partial charge in [0.2, 0.25) is 0 Å². The molecule has 94 valence electrons. The van der Waals surface area contributed by atoms with Gasteiger partial charge in [-0.05, 0) is 56.5 Å². The lowest BCUT2D eigenvalue weighted by molar-refractivity contribution is 0.0509. The van der Waals surface area contributed by atoms with Gasteiger partial charge in [-0.25, -0.2) is 4.79 Å². The van der Waals surface area contributed by atoms with E-state index in [2.05, 4.69) is 15.9 Å². The number of nitrogen functional groups attached to an aromatic ring is 1. The molecule has 0 atom stereocenters. The molecule has 3 nitrogen and oxygen atoms in total. The number of hydrogen-bond acceptors (Lipinski definition) is 4. The van der Waals surface area contributed by atoms with Crippen molar-refractivity contribution in [2.75, 3.05) is 12.3 Å². The smallest absolute Gasteiger partial charge is 0.338 e. The molecule has 0 aliphatic carbocycles. The maximum atomic E-state index is 11.7. The molecular formula is C13H12BrNO2S. The van der Waals surface area contributed by atoms with Crippen LogP contribution >= 0.6 is 27.3 Å². The number of ether oxygens (including phenoxy) is 1. The van der Waals surface area contributed by atoms with Crippen molar-refractivity contribution in [2.45, 2.75) is 6.42 Å². The molecule has 2 aromatic rings. The van der Waals surface area contributed by atoms with E-state index < -0.39 is 0 Å². The first-order valence-corrected chi connectivity index (χ1v) is 7.13. The maximum Gasteiger partial charge on any atom is 0.338 e. The Labute approximate surface area is 118 Å². The second-order valence-electron chi connectivity index (χ2n) is 3.75. The molecule has 1 aromatic heterocycles. The Morgan fingerprint density at radius 2 is 2.22 bits per heavy atom. The van der Waals surface area contributed by atoms with Crippen LogP contribution in [0.4, 0.5) is 5.69 Å². The van der Waals surface area contributed by atoms with E-state index in [-0.39, 0.29) is 5.97 Å². The zero-order chi connectivity index (χ0) is 13.0. The fourth-order valence-electron chi connectivity index (χ4n) is 1.45. The molecule has 0 fully saturated rings. The van der Waals surface area contributed by atoms with Gasteiger partial charge in [0.1, 0.15) is 0 Å². The second kappa shape index (κ2) is 6.02. The van der Waals surface area contributed by atoms with E-state index in [9.17, 15) is 4.79 Å². The van der Waals surface area contributed by atoms with Crippen molar-refractivity contribution in [1.82, 2.24) is 0 Å². The van der Waals surface area contributed by atoms with Gasteiger partial charge in [0.25, 0.3) is 0 Å². The number of nitrogens with two attached hydrogens (primary N) is 1. The summed E-state index contributed by atoms with van der Waals surface area (Å²) in [5.41, 5.74) is 7.90. The molecule has 0 amide bonds. The molecule has 1 aromatic carbocycles. The SMILES string of the molecule is Nc1cc(C(=O)OCCc2ccsc2)ccc1Br. The van der Waals surface area contributed by atoms with Crippen LogP contribution in [-0.2, 0) is 11.2 Å². The summed E-state index contributed by atoms with van der Waals surface area (Å²) in [6.45, 7) is 0.380. The Hall–Kier alpha value is -1.33. The van der Waals surface area contributed by atoms with Crippen LogP contribution in [0.1, 0.15) is 15.9 Å². The van der Waals surface area contributed by atoms with Gasteiger partial charge in [0.05, 0.1) is 12.2 Å². The van der Waals surface area contributed by atoms with E-state index in [1.54, 1.807) is 29.5 Å². The van der Waals surface area contributed by atoms with Crippen LogP contribution in [0.25, 0.3) is 0 Å². The highest BCUT2D eigenvalue weighted by Gasteiger charge is 2.08. The Kier molecular flexibility index (Phi) is 4.38. The molecule has 0 spiro atoms. The average Bonchev–Trinajstić information content (AvgIpc) is 2.85. The Balaban J connectivity index is 1.89. The first kappa shape index (κ1) is 13.1. The molecule has 0 unspecified atom stereocenters. The van der Waals surface area contributed by atoms with Crippen LogP contribution in [0.5, 0.6) is 0 Å². The van der Waals surface area contributed by atoms with Gasteiger partial charge < -0.3 is 10.5 Å². The second-order valence-corrected chi connectivity index (χ2v) is 5.39. The fourth-order valence-corrected chi connectivity index (χ4v) is 2.40. The largest absolute Gasteiger partial charge is 0.462 e. The van der Waals surface area contributed by atoms with Crippen molar-refractivity contribution in [3.63, 3.8) is 0 Å². The fraction of sp³-hybridized carbons (Fsp3) is 0.154. The minimum absolute atomic E-state index is 0.343. The van der Waals surface area contributed by atoms with Crippen LogP contribution in [0.2, 0.25) is 0 Å². The van der Waals surface area contributed by atoms with E-state index in [0.29, 0.717) is 17.9 Å². The highest BCUT2D eigenvalue weighted by molar-refractivity contribution is 9.10. The molecule has 5 heteroatoms. The van der Waals surface area contributed by atoms with Gasteiger partial charge in [0, 0.05) is 16.6 Å². The van der Waals surface area contributed by atoms with Crippen molar-refractivity contribution in [3.05, 3.63) is 50.6 Å². The minimum Gasteiger partial charge on any atom is -0.462 e. The first-order valence-electron chi connectivity index (χ1n) is 5.40. The third kappa shape index (κ3) is 3.34. The zero-order valence-corrected chi connectivity index (χ0v) is 12.0. The van der Waals surface area contributed by atoms with Crippen molar-refractivity contribution in [2.24, 2.45) is 0 Å².